The third-order valence-corrected chi connectivity index (χ3v) is 2.89. The molecule has 0 saturated carbocycles. The highest BCUT2D eigenvalue weighted by Gasteiger charge is 1.92. The Morgan fingerprint density at radius 2 is 1.84 bits per heavy atom. The molecule has 0 atom stereocenters. The van der Waals surface area contributed by atoms with Gasteiger partial charge in [0, 0.05) is 37.0 Å². The average Bonchev–Trinajstić information content (AvgIpc) is 3.07. The third-order valence-electron chi connectivity index (χ3n) is 2.89. The van der Waals surface area contributed by atoms with E-state index in [9.17, 15) is 0 Å². The number of nitrogens with zero attached hydrogens (tertiary/aromatic N) is 2. The minimum Gasteiger partial charge on any atom is -0.360 e. The summed E-state index contributed by atoms with van der Waals surface area (Å²) >= 11 is 0. The van der Waals surface area contributed by atoms with E-state index in [1.807, 2.05) is 49.9 Å². The lowest BCUT2D eigenvalue weighted by molar-refractivity contribution is 1.29. The number of aromatic nitrogens is 4. The number of rotatable bonds is 0. The quantitative estimate of drug-likeness (QED) is 0.501. The van der Waals surface area contributed by atoms with E-state index < -0.39 is 0 Å². The van der Waals surface area contributed by atoms with E-state index in [0.29, 0.717) is 0 Å². The zero-order chi connectivity index (χ0) is 13.1. The van der Waals surface area contributed by atoms with Gasteiger partial charge in [-0.15, -0.1) is 0 Å². The van der Waals surface area contributed by atoms with E-state index in [0.717, 1.165) is 11.2 Å². The number of H-pyrrole nitrogens is 2. The van der Waals surface area contributed by atoms with Crippen LogP contribution in [-0.4, -0.2) is 19.9 Å². The predicted molar refractivity (Wildman–Crippen MR) is 79.0 cm³/mol. The molecule has 0 aromatic carbocycles. The second-order valence-electron chi connectivity index (χ2n) is 4.37. The Morgan fingerprint density at radius 3 is 2.74 bits per heavy atom. The van der Waals surface area contributed by atoms with Gasteiger partial charge in [0.1, 0.15) is 5.65 Å². The van der Waals surface area contributed by atoms with Gasteiger partial charge in [-0.2, -0.15) is 0 Å². The minimum atomic E-state index is 0. The second kappa shape index (κ2) is 4.94. The molecule has 0 radical (unpaired) electrons. The van der Waals surface area contributed by atoms with Gasteiger partial charge in [0.15, 0.2) is 0 Å². The molecule has 0 aliphatic carbocycles. The molecule has 0 spiro atoms. The van der Waals surface area contributed by atoms with Crippen LogP contribution in [-0.2, 0) is 0 Å². The SMILES string of the molecule is Cc1cnc2[nH]ccc2c1.[HH].c1cc2cc[nH]c2cn1. The zero-order valence-electron chi connectivity index (χ0n) is 10.6. The second-order valence-corrected chi connectivity index (χ2v) is 4.37. The Hall–Kier alpha value is -2.62. The summed E-state index contributed by atoms with van der Waals surface area (Å²) in [5.74, 6) is 0. The van der Waals surface area contributed by atoms with Gasteiger partial charge < -0.3 is 9.97 Å². The molecule has 19 heavy (non-hydrogen) atoms. The van der Waals surface area contributed by atoms with Gasteiger partial charge in [-0.1, -0.05) is 0 Å². The summed E-state index contributed by atoms with van der Waals surface area (Å²) in [5.41, 5.74) is 3.26. The molecular formula is C15H16N4. The molecule has 96 valence electrons. The molecule has 0 aliphatic rings. The van der Waals surface area contributed by atoms with E-state index in [1.54, 1.807) is 6.20 Å². The first-order valence-corrected chi connectivity index (χ1v) is 6.10. The van der Waals surface area contributed by atoms with Crippen LogP contribution in [0.2, 0.25) is 0 Å². The number of nitrogens with one attached hydrogen (secondary N) is 2. The molecule has 0 amide bonds. The molecule has 4 nitrogen and oxygen atoms in total. The normalized spacial score (nSPS) is 10.4. The van der Waals surface area contributed by atoms with Gasteiger partial charge in [0.05, 0.1) is 11.7 Å². The first-order valence-electron chi connectivity index (χ1n) is 6.10. The number of fused-ring (bicyclic) bond motifs is 2. The molecule has 4 heterocycles. The van der Waals surface area contributed by atoms with Crippen molar-refractivity contribution in [2.45, 2.75) is 6.92 Å². The molecule has 0 aliphatic heterocycles. The minimum absolute atomic E-state index is 0. The summed E-state index contributed by atoms with van der Waals surface area (Å²) in [6, 6.07) is 8.14. The molecular weight excluding hydrogens is 236 g/mol. The van der Waals surface area contributed by atoms with Crippen LogP contribution in [0.3, 0.4) is 0 Å². The molecule has 0 saturated heterocycles. The topological polar surface area (TPSA) is 57.4 Å². The number of hydrogen-bond donors (Lipinski definition) is 2. The van der Waals surface area contributed by atoms with Crippen molar-refractivity contribution in [2.24, 2.45) is 0 Å². The summed E-state index contributed by atoms with van der Waals surface area (Å²) in [6.45, 7) is 2.04. The summed E-state index contributed by atoms with van der Waals surface area (Å²) in [6.07, 6.45) is 9.27. The average molecular weight is 252 g/mol. The fourth-order valence-corrected chi connectivity index (χ4v) is 1.94. The van der Waals surface area contributed by atoms with Crippen molar-refractivity contribution < 1.29 is 1.43 Å². The van der Waals surface area contributed by atoms with Crippen LogP contribution in [0.25, 0.3) is 21.9 Å². The number of aryl methyl sites for hydroxylation is 1. The third kappa shape index (κ3) is 2.47. The van der Waals surface area contributed by atoms with Gasteiger partial charge in [-0.05, 0) is 36.8 Å². The molecule has 4 heteroatoms. The number of pyridine rings is 2. The van der Waals surface area contributed by atoms with E-state index >= 15 is 0 Å². The van der Waals surface area contributed by atoms with Crippen LogP contribution < -0.4 is 0 Å². The van der Waals surface area contributed by atoms with Crippen molar-refractivity contribution in [3.63, 3.8) is 0 Å². The van der Waals surface area contributed by atoms with Gasteiger partial charge in [-0.3, -0.25) is 4.98 Å². The summed E-state index contributed by atoms with van der Waals surface area (Å²) in [4.78, 5) is 14.2. The van der Waals surface area contributed by atoms with Crippen LogP contribution in [0.15, 0.2) is 55.2 Å². The van der Waals surface area contributed by atoms with Crippen LogP contribution >= 0.6 is 0 Å². The van der Waals surface area contributed by atoms with Crippen LogP contribution in [0.4, 0.5) is 0 Å². The molecule has 0 unspecified atom stereocenters. The molecule has 2 N–H and O–H groups in total. The predicted octanol–water partition coefficient (Wildman–Crippen LogP) is 3.68. The molecule has 4 aromatic rings. The summed E-state index contributed by atoms with van der Waals surface area (Å²) in [5, 5.41) is 2.39. The van der Waals surface area contributed by atoms with Crippen molar-refractivity contribution >= 4 is 21.9 Å². The highest BCUT2D eigenvalue weighted by Crippen LogP contribution is 2.09. The van der Waals surface area contributed by atoms with Crippen molar-refractivity contribution in [2.75, 3.05) is 0 Å². The van der Waals surface area contributed by atoms with Crippen molar-refractivity contribution in [3.8, 4) is 0 Å². The van der Waals surface area contributed by atoms with Crippen molar-refractivity contribution in [3.05, 3.63) is 60.8 Å². The van der Waals surface area contributed by atoms with Gasteiger partial charge in [0.2, 0.25) is 0 Å². The zero-order valence-corrected chi connectivity index (χ0v) is 10.6. The molecule has 4 aromatic heterocycles. The van der Waals surface area contributed by atoms with Crippen molar-refractivity contribution in [1.29, 1.82) is 0 Å². The van der Waals surface area contributed by atoms with Gasteiger partial charge in [-0.25, -0.2) is 4.98 Å². The van der Waals surface area contributed by atoms with Gasteiger partial charge >= 0.3 is 0 Å². The Kier molecular flexibility index (Phi) is 2.98. The maximum absolute atomic E-state index is 4.19. The monoisotopic (exact) mass is 252 g/mol. The summed E-state index contributed by atoms with van der Waals surface area (Å²) in [7, 11) is 0. The van der Waals surface area contributed by atoms with Crippen LogP contribution in [0.1, 0.15) is 6.99 Å². The fraction of sp³-hybridized carbons (Fsp3) is 0.0667. The lowest BCUT2D eigenvalue weighted by Gasteiger charge is -1.89. The fourth-order valence-electron chi connectivity index (χ4n) is 1.94. The lowest BCUT2D eigenvalue weighted by atomic mass is 10.2. The largest absolute Gasteiger partial charge is 0.360 e. The van der Waals surface area contributed by atoms with E-state index in [1.165, 1.54) is 16.3 Å². The Morgan fingerprint density at radius 1 is 1.00 bits per heavy atom. The standard InChI is InChI=1S/C8H8N2.C7H6N2.H2/c1-6-4-7-2-3-9-8(7)10-5-6;1-3-8-5-7-6(1)2-4-9-7;/h2-5H,1H3,(H,9,10);1-5,9H;1H. The van der Waals surface area contributed by atoms with Crippen LogP contribution in [0.5, 0.6) is 0 Å². The van der Waals surface area contributed by atoms with Gasteiger partial charge in [0.25, 0.3) is 0 Å². The molecule has 4 rings (SSSR count). The summed E-state index contributed by atoms with van der Waals surface area (Å²) < 4.78 is 0. The smallest absolute Gasteiger partial charge is 0.137 e. The molecule has 0 fully saturated rings. The van der Waals surface area contributed by atoms with E-state index in [-0.39, 0.29) is 1.43 Å². The number of hydrogen-bond acceptors (Lipinski definition) is 2. The first-order chi connectivity index (χ1) is 9.33. The highest BCUT2D eigenvalue weighted by atomic mass is 14.8. The Balaban J connectivity index is 0.000000141. The van der Waals surface area contributed by atoms with Crippen LogP contribution in [0, 0.1) is 6.92 Å². The lowest BCUT2D eigenvalue weighted by Crippen LogP contribution is -1.76. The Bertz CT molecular complexity index is 773. The van der Waals surface area contributed by atoms with E-state index in [2.05, 4.69) is 26.0 Å². The Labute approximate surface area is 112 Å². The molecule has 0 bridgehead atoms. The number of aromatic amines is 2. The highest BCUT2D eigenvalue weighted by molar-refractivity contribution is 5.77. The maximum Gasteiger partial charge on any atom is 0.137 e. The maximum atomic E-state index is 4.19. The van der Waals surface area contributed by atoms with E-state index in [4.69, 9.17) is 0 Å². The first kappa shape index (κ1) is 11.5. The van der Waals surface area contributed by atoms with Crippen molar-refractivity contribution in [1.82, 2.24) is 19.9 Å².